The van der Waals surface area contributed by atoms with E-state index in [1.54, 1.807) is 0 Å². The van der Waals surface area contributed by atoms with E-state index in [1.807, 2.05) is 26.1 Å². The fraction of sp³-hybridized carbons (Fsp3) is 0.458. The lowest BCUT2D eigenvalue weighted by Crippen LogP contribution is -2.39. The summed E-state index contributed by atoms with van der Waals surface area (Å²) >= 11 is 0. The standard InChI is InChI=1S/C22H27N3.C2H6/c1-4-16-6-10-21(17(5-2)12-16)15(3)25(19-7-8-19)20-9-11-22-18(13-20)14-23-24-22;1-2/h5-6,10,12,14,19-20H,2-4,7-9,11,13H2,1H3,(H,23,24);1-2H3. The Balaban J connectivity index is 0.00000102. The predicted molar refractivity (Wildman–Crippen MR) is 116 cm³/mol. The molecule has 4 rings (SSSR count). The van der Waals surface area contributed by atoms with Gasteiger partial charge in [0.1, 0.15) is 0 Å². The van der Waals surface area contributed by atoms with Gasteiger partial charge in [0.15, 0.2) is 0 Å². The Bertz CT molecular complexity index is 798. The average molecular weight is 364 g/mol. The van der Waals surface area contributed by atoms with E-state index in [0.29, 0.717) is 12.1 Å². The summed E-state index contributed by atoms with van der Waals surface area (Å²) in [5.41, 5.74) is 7.64. The summed E-state index contributed by atoms with van der Waals surface area (Å²) in [7, 11) is 0. The molecule has 1 aromatic heterocycles. The lowest BCUT2D eigenvalue weighted by atomic mass is 9.90. The summed E-state index contributed by atoms with van der Waals surface area (Å²) < 4.78 is 0. The lowest BCUT2D eigenvalue weighted by Gasteiger charge is -2.38. The number of benzene rings is 1. The highest BCUT2D eigenvalue weighted by Gasteiger charge is 2.37. The molecule has 0 radical (unpaired) electrons. The number of aryl methyl sites for hydroxylation is 2. The molecular weight excluding hydrogens is 330 g/mol. The first-order chi connectivity index (χ1) is 13.2. The van der Waals surface area contributed by atoms with Gasteiger partial charge in [0.05, 0.1) is 6.20 Å². The maximum atomic E-state index is 4.52. The van der Waals surface area contributed by atoms with Crippen LogP contribution in [0.25, 0.3) is 11.8 Å². The van der Waals surface area contributed by atoms with Crippen molar-refractivity contribution in [1.29, 1.82) is 0 Å². The van der Waals surface area contributed by atoms with Gasteiger partial charge in [0, 0.05) is 29.0 Å². The second-order valence-corrected chi connectivity index (χ2v) is 7.33. The summed E-state index contributed by atoms with van der Waals surface area (Å²) in [6.07, 6.45) is 10.9. The molecule has 1 unspecified atom stereocenters. The van der Waals surface area contributed by atoms with E-state index in [1.165, 1.54) is 47.2 Å². The molecule has 3 heteroatoms. The topological polar surface area (TPSA) is 31.9 Å². The largest absolute Gasteiger partial charge is 0.365 e. The van der Waals surface area contributed by atoms with Gasteiger partial charge in [0.2, 0.25) is 0 Å². The minimum atomic E-state index is 0.522. The maximum absolute atomic E-state index is 4.52. The Hall–Kier alpha value is -2.29. The van der Waals surface area contributed by atoms with E-state index in [2.05, 4.69) is 53.4 Å². The van der Waals surface area contributed by atoms with Crippen molar-refractivity contribution in [3.63, 3.8) is 0 Å². The predicted octanol–water partition coefficient (Wildman–Crippen LogP) is 5.63. The fourth-order valence-electron chi connectivity index (χ4n) is 4.13. The van der Waals surface area contributed by atoms with Gasteiger partial charge in [-0.3, -0.25) is 5.10 Å². The minimum absolute atomic E-state index is 0.522. The van der Waals surface area contributed by atoms with Crippen LogP contribution in [0.4, 0.5) is 0 Å². The van der Waals surface area contributed by atoms with Crippen molar-refractivity contribution in [1.82, 2.24) is 15.1 Å². The van der Waals surface area contributed by atoms with Crippen molar-refractivity contribution in [3.8, 4) is 0 Å². The van der Waals surface area contributed by atoms with Gasteiger partial charge in [-0.25, -0.2) is 0 Å². The van der Waals surface area contributed by atoms with E-state index in [-0.39, 0.29) is 0 Å². The summed E-state index contributed by atoms with van der Waals surface area (Å²) in [6.45, 7) is 14.7. The van der Waals surface area contributed by atoms with Crippen LogP contribution in [0.5, 0.6) is 0 Å². The van der Waals surface area contributed by atoms with E-state index < -0.39 is 0 Å². The molecule has 1 fully saturated rings. The minimum Gasteiger partial charge on any atom is -0.365 e. The van der Waals surface area contributed by atoms with Crippen LogP contribution in [0.15, 0.2) is 37.6 Å². The Morgan fingerprint density at radius 2 is 2.04 bits per heavy atom. The Kier molecular flexibility index (Phi) is 6.20. The van der Waals surface area contributed by atoms with Gasteiger partial charge in [0.25, 0.3) is 0 Å². The van der Waals surface area contributed by atoms with E-state index >= 15 is 0 Å². The molecule has 1 saturated carbocycles. The molecule has 0 saturated heterocycles. The van der Waals surface area contributed by atoms with E-state index in [9.17, 15) is 0 Å². The first kappa shape index (κ1) is 19.5. The number of fused-ring (bicyclic) bond motifs is 1. The molecule has 2 aliphatic rings. The van der Waals surface area contributed by atoms with Gasteiger partial charge < -0.3 is 4.90 Å². The number of nitrogens with one attached hydrogen (secondary N) is 1. The second kappa shape index (κ2) is 8.60. The summed E-state index contributed by atoms with van der Waals surface area (Å²) in [5.74, 6) is 0. The molecule has 1 N–H and O–H groups in total. The summed E-state index contributed by atoms with van der Waals surface area (Å²) in [6, 6.07) is 7.89. The number of H-pyrrole nitrogens is 1. The van der Waals surface area contributed by atoms with Crippen molar-refractivity contribution in [3.05, 3.63) is 65.5 Å². The van der Waals surface area contributed by atoms with Crippen LogP contribution < -0.4 is 0 Å². The van der Waals surface area contributed by atoms with Crippen LogP contribution in [0.2, 0.25) is 0 Å². The van der Waals surface area contributed by atoms with Gasteiger partial charge >= 0.3 is 0 Å². The molecule has 144 valence electrons. The average Bonchev–Trinajstić information content (AvgIpc) is 3.44. The molecule has 27 heavy (non-hydrogen) atoms. The van der Waals surface area contributed by atoms with Crippen LogP contribution in [0.3, 0.4) is 0 Å². The monoisotopic (exact) mass is 363 g/mol. The number of aromatic amines is 1. The normalized spacial score (nSPS) is 18.1. The molecule has 3 nitrogen and oxygen atoms in total. The Morgan fingerprint density at radius 1 is 1.26 bits per heavy atom. The van der Waals surface area contributed by atoms with Crippen molar-refractivity contribution in [2.24, 2.45) is 0 Å². The summed E-state index contributed by atoms with van der Waals surface area (Å²) in [5, 5.41) is 7.38. The van der Waals surface area contributed by atoms with Crippen LogP contribution in [0, 0.1) is 0 Å². The van der Waals surface area contributed by atoms with Crippen LogP contribution in [0.1, 0.15) is 68.0 Å². The molecule has 2 aliphatic carbocycles. The molecule has 2 aromatic rings. The SMILES string of the molecule is C=Cc1cc(CC)ccc1C(=C)N(C1CC1)C1CCc2[nH]ncc2C1.CC. The molecule has 0 bridgehead atoms. The van der Waals surface area contributed by atoms with E-state index in [4.69, 9.17) is 0 Å². The Morgan fingerprint density at radius 3 is 2.70 bits per heavy atom. The van der Waals surface area contributed by atoms with Gasteiger partial charge in [-0.2, -0.15) is 5.10 Å². The van der Waals surface area contributed by atoms with Crippen molar-refractivity contribution >= 4 is 11.8 Å². The zero-order chi connectivity index (χ0) is 19.4. The van der Waals surface area contributed by atoms with Crippen molar-refractivity contribution in [2.75, 3.05) is 0 Å². The zero-order valence-electron chi connectivity index (χ0n) is 17.1. The van der Waals surface area contributed by atoms with Crippen LogP contribution in [-0.2, 0) is 19.3 Å². The maximum Gasteiger partial charge on any atom is 0.0522 e. The third-order valence-electron chi connectivity index (χ3n) is 5.69. The van der Waals surface area contributed by atoms with Crippen molar-refractivity contribution < 1.29 is 0 Å². The zero-order valence-corrected chi connectivity index (χ0v) is 17.1. The first-order valence-electron chi connectivity index (χ1n) is 10.4. The lowest BCUT2D eigenvalue weighted by molar-refractivity contribution is 0.259. The molecule has 1 aromatic carbocycles. The number of nitrogens with zero attached hydrogens (tertiary/aromatic N) is 2. The quantitative estimate of drug-likeness (QED) is 0.721. The number of aromatic nitrogens is 2. The summed E-state index contributed by atoms with van der Waals surface area (Å²) in [4.78, 5) is 2.60. The molecule has 0 aliphatic heterocycles. The smallest absolute Gasteiger partial charge is 0.0522 e. The first-order valence-corrected chi connectivity index (χ1v) is 10.4. The molecule has 0 amide bonds. The van der Waals surface area contributed by atoms with Gasteiger partial charge in [-0.15, -0.1) is 0 Å². The third-order valence-corrected chi connectivity index (χ3v) is 5.69. The van der Waals surface area contributed by atoms with Crippen molar-refractivity contribution in [2.45, 2.75) is 71.4 Å². The second-order valence-electron chi connectivity index (χ2n) is 7.33. The molecular formula is C24H33N3. The highest BCUT2D eigenvalue weighted by atomic mass is 15.2. The highest BCUT2D eigenvalue weighted by Crippen LogP contribution is 2.39. The van der Waals surface area contributed by atoms with Crippen LogP contribution in [-0.4, -0.2) is 27.2 Å². The molecule has 1 atom stereocenters. The third kappa shape index (κ3) is 4.02. The Labute approximate surface area is 164 Å². The van der Waals surface area contributed by atoms with Crippen LogP contribution >= 0.6 is 0 Å². The molecule has 1 heterocycles. The molecule has 0 spiro atoms. The number of hydrogen-bond donors (Lipinski definition) is 1. The van der Waals surface area contributed by atoms with Gasteiger partial charge in [-0.05, 0) is 55.2 Å². The fourth-order valence-corrected chi connectivity index (χ4v) is 4.13. The number of hydrogen-bond acceptors (Lipinski definition) is 2. The highest BCUT2D eigenvalue weighted by molar-refractivity contribution is 5.72. The van der Waals surface area contributed by atoms with E-state index in [0.717, 1.165) is 25.0 Å². The van der Waals surface area contributed by atoms with Gasteiger partial charge in [-0.1, -0.05) is 58.2 Å². The number of rotatable bonds is 6.